The molecule has 1 atom stereocenters. The van der Waals surface area contributed by atoms with Gasteiger partial charge in [0.05, 0.1) is 21.3 Å². The van der Waals surface area contributed by atoms with E-state index in [1.807, 2.05) is 0 Å². The maximum atomic E-state index is 13.1. The van der Waals surface area contributed by atoms with Gasteiger partial charge in [-0.25, -0.2) is 0 Å². The largest absolute Gasteiger partial charge is 0.417 e. The number of carbonyl (C=O) groups excluding carboxylic acids is 1. The van der Waals surface area contributed by atoms with Crippen molar-refractivity contribution in [3.05, 3.63) is 50.4 Å². The Hall–Kier alpha value is -2.16. The molecule has 5 nitrogen and oxygen atoms in total. The van der Waals surface area contributed by atoms with Crippen LogP contribution in [0.2, 0.25) is 0 Å². The topological polar surface area (TPSA) is 71.9 Å². The van der Waals surface area contributed by atoms with Crippen LogP contribution in [-0.4, -0.2) is 26.0 Å². The second-order valence-corrected chi connectivity index (χ2v) is 6.69. The molecule has 1 aromatic carbocycles. The first-order chi connectivity index (χ1) is 11.0. The van der Waals surface area contributed by atoms with E-state index < -0.39 is 38.8 Å². The second kappa shape index (κ2) is 6.04. The quantitative estimate of drug-likeness (QED) is 0.854. The van der Waals surface area contributed by atoms with Crippen molar-refractivity contribution in [1.29, 1.82) is 0 Å². The molecular formula is C15H15F3N2O3S. The van der Waals surface area contributed by atoms with Crippen LogP contribution in [0.3, 0.4) is 0 Å². The summed E-state index contributed by atoms with van der Waals surface area (Å²) in [6, 6.07) is 1.74. The molecule has 0 saturated carbocycles. The number of aromatic nitrogens is 2. The number of aromatic amines is 1. The zero-order chi connectivity index (χ0) is 18.4. The first-order valence-corrected chi connectivity index (χ1v) is 8.37. The predicted molar refractivity (Wildman–Crippen MR) is 82.7 cm³/mol. The van der Waals surface area contributed by atoms with E-state index in [-0.39, 0.29) is 16.7 Å². The van der Waals surface area contributed by atoms with Crippen LogP contribution in [0.25, 0.3) is 0 Å². The van der Waals surface area contributed by atoms with Crippen molar-refractivity contribution in [3.63, 3.8) is 0 Å². The van der Waals surface area contributed by atoms with Crippen molar-refractivity contribution in [2.75, 3.05) is 6.26 Å². The predicted octanol–water partition coefficient (Wildman–Crippen LogP) is 2.32. The summed E-state index contributed by atoms with van der Waals surface area (Å²) in [6.45, 7) is 2.82. The number of carbonyl (C=O) groups is 1. The minimum Gasteiger partial charge on any atom is -0.299 e. The Morgan fingerprint density at radius 3 is 2.25 bits per heavy atom. The number of nitrogens with zero attached hydrogens (tertiary/aromatic N) is 1. The van der Waals surface area contributed by atoms with E-state index in [4.69, 9.17) is 0 Å². The maximum Gasteiger partial charge on any atom is 0.417 e. The molecule has 0 aliphatic rings. The first kappa shape index (κ1) is 18.2. The van der Waals surface area contributed by atoms with Crippen LogP contribution in [0.4, 0.5) is 13.2 Å². The van der Waals surface area contributed by atoms with E-state index in [2.05, 4.69) is 5.10 Å². The van der Waals surface area contributed by atoms with Gasteiger partial charge in [0.1, 0.15) is 5.56 Å². The van der Waals surface area contributed by atoms with Crippen LogP contribution >= 0.6 is 0 Å². The minimum absolute atomic E-state index is 0.0432. The number of H-pyrrole nitrogens is 1. The lowest BCUT2D eigenvalue weighted by Gasteiger charge is -2.16. The highest BCUT2D eigenvalue weighted by atomic mass is 32.2. The molecule has 0 radical (unpaired) electrons. The Morgan fingerprint density at radius 1 is 1.25 bits per heavy atom. The van der Waals surface area contributed by atoms with Crippen LogP contribution in [0.15, 0.2) is 21.8 Å². The van der Waals surface area contributed by atoms with Crippen molar-refractivity contribution < 1.29 is 22.2 Å². The lowest BCUT2D eigenvalue weighted by molar-refractivity contribution is -0.139. The first-order valence-electron chi connectivity index (χ1n) is 6.81. The summed E-state index contributed by atoms with van der Waals surface area (Å²) < 4.78 is 52.2. The fraction of sp³-hybridized carbons (Fsp3) is 0.333. The molecule has 9 heteroatoms. The lowest BCUT2D eigenvalue weighted by atomic mass is 9.97. The maximum absolute atomic E-state index is 13.1. The summed E-state index contributed by atoms with van der Waals surface area (Å²) in [5.41, 5.74) is -1.57. The van der Waals surface area contributed by atoms with Gasteiger partial charge in [0.2, 0.25) is 5.78 Å². The fourth-order valence-electron chi connectivity index (χ4n) is 2.62. The van der Waals surface area contributed by atoms with Gasteiger partial charge in [-0.1, -0.05) is 6.07 Å². The van der Waals surface area contributed by atoms with Gasteiger partial charge in [-0.3, -0.25) is 23.6 Å². The molecule has 0 fully saturated rings. The smallest absolute Gasteiger partial charge is 0.299 e. The number of rotatable bonds is 3. The summed E-state index contributed by atoms with van der Waals surface area (Å²) in [5, 5.41) is 2.66. The highest BCUT2D eigenvalue weighted by molar-refractivity contribution is 7.84. The van der Waals surface area contributed by atoms with Gasteiger partial charge >= 0.3 is 6.18 Å². The van der Waals surface area contributed by atoms with Crippen molar-refractivity contribution in [2.45, 2.75) is 24.9 Å². The minimum atomic E-state index is -4.69. The standard InChI is InChI=1S/C15H15F3N2O3S/c1-7-9(12(21)11-8(2)19-20(3)14(11)22)5-6-10(15(16,17)18)13(7)24(4)23/h5-6,19H,1-4H3. The molecule has 2 rings (SSSR count). The third kappa shape index (κ3) is 2.95. The third-order valence-electron chi connectivity index (χ3n) is 3.70. The second-order valence-electron chi connectivity index (χ2n) is 5.37. The highest BCUT2D eigenvalue weighted by Gasteiger charge is 2.36. The molecule has 1 aromatic heterocycles. The molecule has 0 aliphatic carbocycles. The van der Waals surface area contributed by atoms with Crippen LogP contribution in [0.5, 0.6) is 0 Å². The molecule has 0 amide bonds. The zero-order valence-corrected chi connectivity index (χ0v) is 14.2. The number of halogens is 3. The number of benzene rings is 1. The number of ketones is 1. The molecule has 1 unspecified atom stereocenters. The summed E-state index contributed by atoms with van der Waals surface area (Å²) in [7, 11) is -0.522. The molecule has 1 N–H and O–H groups in total. The average Bonchev–Trinajstić information content (AvgIpc) is 2.69. The van der Waals surface area contributed by atoms with Crippen LogP contribution in [0.1, 0.15) is 32.7 Å². The van der Waals surface area contributed by atoms with Crippen molar-refractivity contribution in [1.82, 2.24) is 9.78 Å². The summed E-state index contributed by atoms with van der Waals surface area (Å²) in [4.78, 5) is 24.2. The molecule has 0 saturated heterocycles. The van der Waals surface area contributed by atoms with Crippen LogP contribution in [-0.2, 0) is 24.0 Å². The molecule has 0 aliphatic heterocycles. The van der Waals surface area contributed by atoms with Gasteiger partial charge in [-0.05, 0) is 25.5 Å². The van der Waals surface area contributed by atoms with Crippen molar-refractivity contribution in [3.8, 4) is 0 Å². The average molecular weight is 360 g/mol. The van der Waals surface area contributed by atoms with Crippen LogP contribution < -0.4 is 5.56 Å². The van der Waals surface area contributed by atoms with Crippen LogP contribution in [0, 0.1) is 13.8 Å². The summed E-state index contributed by atoms with van der Waals surface area (Å²) in [6.07, 6.45) is -3.57. The SMILES string of the molecule is Cc1[nH]n(C)c(=O)c1C(=O)c1ccc(C(F)(F)F)c(S(C)=O)c1C. The van der Waals surface area contributed by atoms with Gasteiger partial charge < -0.3 is 0 Å². The number of nitrogens with one attached hydrogen (secondary N) is 1. The van der Waals surface area contributed by atoms with Crippen molar-refractivity contribution >= 4 is 16.6 Å². The Balaban J connectivity index is 2.73. The number of aryl methyl sites for hydroxylation is 2. The summed E-state index contributed by atoms with van der Waals surface area (Å²) in [5.74, 6) is -0.702. The highest BCUT2D eigenvalue weighted by Crippen LogP contribution is 2.36. The molecule has 24 heavy (non-hydrogen) atoms. The van der Waals surface area contributed by atoms with Gasteiger partial charge in [-0.2, -0.15) is 13.2 Å². The number of hydrogen-bond acceptors (Lipinski definition) is 3. The van der Waals surface area contributed by atoms with E-state index in [0.717, 1.165) is 23.1 Å². The molecule has 1 heterocycles. The molecule has 0 spiro atoms. The van der Waals surface area contributed by atoms with Gasteiger partial charge in [0.25, 0.3) is 5.56 Å². The Kier molecular flexibility index (Phi) is 4.58. The van der Waals surface area contributed by atoms with E-state index in [1.165, 1.54) is 20.9 Å². The van der Waals surface area contributed by atoms with E-state index in [1.54, 1.807) is 0 Å². The van der Waals surface area contributed by atoms with E-state index in [0.29, 0.717) is 5.69 Å². The Labute approximate surface area is 137 Å². The Bertz CT molecular complexity index is 910. The molecule has 2 aromatic rings. The number of alkyl halides is 3. The van der Waals surface area contributed by atoms with Gasteiger partial charge in [0, 0.05) is 24.6 Å². The normalized spacial score (nSPS) is 13.1. The monoisotopic (exact) mass is 360 g/mol. The summed E-state index contributed by atoms with van der Waals surface area (Å²) >= 11 is 0. The number of hydrogen-bond donors (Lipinski definition) is 1. The zero-order valence-electron chi connectivity index (χ0n) is 13.4. The van der Waals surface area contributed by atoms with E-state index >= 15 is 0 Å². The molecule has 130 valence electrons. The molecular weight excluding hydrogens is 345 g/mol. The fourth-order valence-corrected chi connectivity index (χ4v) is 3.65. The van der Waals surface area contributed by atoms with Crippen molar-refractivity contribution in [2.24, 2.45) is 7.05 Å². The van der Waals surface area contributed by atoms with Gasteiger partial charge in [0.15, 0.2) is 0 Å². The van der Waals surface area contributed by atoms with Gasteiger partial charge in [-0.15, -0.1) is 0 Å². The Morgan fingerprint density at radius 2 is 1.83 bits per heavy atom. The van der Waals surface area contributed by atoms with E-state index in [9.17, 15) is 27.0 Å². The molecule has 0 bridgehead atoms. The lowest BCUT2D eigenvalue weighted by Crippen LogP contribution is -2.21. The third-order valence-corrected chi connectivity index (χ3v) is 4.80.